The van der Waals surface area contributed by atoms with E-state index in [0.717, 1.165) is 0 Å². The molecule has 2 N–H and O–H groups in total. The van der Waals surface area contributed by atoms with Crippen LogP contribution in [0.25, 0.3) is 0 Å². The second-order valence-electron chi connectivity index (χ2n) is 4.94. The van der Waals surface area contributed by atoms with Gasteiger partial charge in [0.1, 0.15) is 0 Å². The lowest BCUT2D eigenvalue weighted by atomic mass is 10.2. The van der Waals surface area contributed by atoms with Gasteiger partial charge in [0.05, 0.1) is 23.5 Å². The smallest absolute Gasteiger partial charge is 0.337 e. The highest BCUT2D eigenvalue weighted by molar-refractivity contribution is 5.99. The van der Waals surface area contributed by atoms with Gasteiger partial charge in [-0.3, -0.25) is 0 Å². The van der Waals surface area contributed by atoms with Gasteiger partial charge in [0.25, 0.3) is 0 Å². The molecular weight excluding hydrogens is 260 g/mol. The fourth-order valence-electron chi connectivity index (χ4n) is 2.32. The molecule has 1 aliphatic heterocycles. The molecule has 1 aromatic rings. The molecule has 1 fully saturated rings. The number of anilines is 1. The topological polar surface area (TPSA) is 78.9 Å². The van der Waals surface area contributed by atoms with E-state index in [1.165, 1.54) is 6.07 Å². The first-order valence-electron chi connectivity index (χ1n) is 6.51. The van der Waals surface area contributed by atoms with Crippen LogP contribution in [0.2, 0.25) is 0 Å². The molecule has 1 saturated heterocycles. The third-order valence-corrected chi connectivity index (χ3v) is 3.11. The lowest BCUT2D eigenvalue weighted by molar-refractivity contribution is -0.0530. The van der Waals surface area contributed by atoms with E-state index in [0.29, 0.717) is 18.8 Å². The molecule has 0 saturated carbocycles. The van der Waals surface area contributed by atoms with Gasteiger partial charge in [0, 0.05) is 13.1 Å². The number of para-hydroxylation sites is 1. The maximum absolute atomic E-state index is 12.2. The van der Waals surface area contributed by atoms with Crippen LogP contribution >= 0.6 is 0 Å². The van der Waals surface area contributed by atoms with Gasteiger partial charge in [0.2, 0.25) is 0 Å². The summed E-state index contributed by atoms with van der Waals surface area (Å²) in [6, 6.07) is 6.04. The number of urea groups is 1. The van der Waals surface area contributed by atoms with Crippen LogP contribution in [0, 0.1) is 0 Å². The first-order valence-corrected chi connectivity index (χ1v) is 6.51. The molecule has 1 aliphatic rings. The number of carbonyl (C=O) groups excluding carboxylic acids is 1. The molecule has 0 aliphatic carbocycles. The minimum absolute atomic E-state index is 0.0285. The molecule has 0 radical (unpaired) electrons. The number of benzene rings is 1. The van der Waals surface area contributed by atoms with E-state index in [2.05, 4.69) is 5.32 Å². The van der Waals surface area contributed by atoms with Crippen LogP contribution in [0.3, 0.4) is 0 Å². The van der Waals surface area contributed by atoms with Gasteiger partial charge in [-0.15, -0.1) is 0 Å². The number of ether oxygens (including phenoxy) is 1. The van der Waals surface area contributed by atoms with E-state index in [4.69, 9.17) is 9.84 Å². The number of aromatic carboxylic acids is 1. The number of nitrogens with one attached hydrogen (secondary N) is 1. The summed E-state index contributed by atoms with van der Waals surface area (Å²) >= 11 is 0. The van der Waals surface area contributed by atoms with Crippen LogP contribution in [0.5, 0.6) is 0 Å². The average molecular weight is 278 g/mol. The predicted octanol–water partition coefficient (Wildman–Crippen LogP) is 2.03. The Bertz CT molecular complexity index is 508. The summed E-state index contributed by atoms with van der Waals surface area (Å²) in [6.45, 7) is 4.79. The normalized spacial score (nSPS) is 22.4. The molecule has 0 spiro atoms. The Balaban J connectivity index is 2.10. The van der Waals surface area contributed by atoms with Gasteiger partial charge >= 0.3 is 12.0 Å². The third-order valence-electron chi connectivity index (χ3n) is 3.11. The summed E-state index contributed by atoms with van der Waals surface area (Å²) in [4.78, 5) is 24.9. The molecule has 20 heavy (non-hydrogen) atoms. The summed E-state index contributed by atoms with van der Waals surface area (Å²) in [5, 5.41) is 11.7. The lowest BCUT2D eigenvalue weighted by Crippen LogP contribution is -2.49. The number of hydrogen-bond donors (Lipinski definition) is 2. The van der Waals surface area contributed by atoms with Crippen molar-refractivity contribution in [1.29, 1.82) is 0 Å². The minimum Gasteiger partial charge on any atom is -0.478 e. The molecule has 0 unspecified atom stereocenters. The quantitative estimate of drug-likeness (QED) is 0.867. The second kappa shape index (κ2) is 5.92. The Morgan fingerprint density at radius 2 is 1.85 bits per heavy atom. The second-order valence-corrected chi connectivity index (χ2v) is 4.94. The van der Waals surface area contributed by atoms with Crippen molar-refractivity contribution < 1.29 is 19.4 Å². The summed E-state index contributed by atoms with van der Waals surface area (Å²) in [5.41, 5.74) is 0.381. The van der Waals surface area contributed by atoms with Gasteiger partial charge in [-0.1, -0.05) is 12.1 Å². The van der Waals surface area contributed by atoms with Crippen LogP contribution < -0.4 is 5.32 Å². The van der Waals surface area contributed by atoms with Crippen LogP contribution in [0.15, 0.2) is 24.3 Å². The highest BCUT2D eigenvalue weighted by Crippen LogP contribution is 2.17. The number of hydrogen-bond acceptors (Lipinski definition) is 3. The van der Waals surface area contributed by atoms with Gasteiger partial charge < -0.3 is 20.1 Å². The number of carbonyl (C=O) groups is 2. The molecule has 0 aromatic heterocycles. The molecule has 2 amide bonds. The Hall–Kier alpha value is -2.08. The maximum atomic E-state index is 12.2. The minimum atomic E-state index is -1.07. The van der Waals surface area contributed by atoms with E-state index >= 15 is 0 Å². The molecule has 6 heteroatoms. The Labute approximate surface area is 117 Å². The van der Waals surface area contributed by atoms with Crippen LogP contribution in [-0.2, 0) is 4.74 Å². The number of nitrogens with zero attached hydrogens (tertiary/aromatic N) is 1. The highest BCUT2D eigenvalue weighted by atomic mass is 16.5. The standard InChI is InChI=1S/C14H18N2O4/c1-9-7-16(8-10(2)20-9)14(19)15-12-6-4-3-5-11(12)13(17)18/h3-6,9-10H,7-8H2,1-2H3,(H,15,19)(H,17,18)/t9-,10+. The molecule has 108 valence electrons. The van der Waals surface area contributed by atoms with Gasteiger partial charge in [-0.2, -0.15) is 0 Å². The van der Waals surface area contributed by atoms with Crippen molar-refractivity contribution in [2.24, 2.45) is 0 Å². The fraction of sp³-hybridized carbons (Fsp3) is 0.429. The number of carboxylic acids is 1. The Kier molecular flexibility index (Phi) is 4.24. The number of carboxylic acid groups (broad SMARTS) is 1. The van der Waals surface area contributed by atoms with E-state index in [-0.39, 0.29) is 23.8 Å². The third kappa shape index (κ3) is 3.27. The summed E-state index contributed by atoms with van der Waals surface area (Å²) in [6.07, 6.45) is -0.0570. The van der Waals surface area contributed by atoms with Gasteiger partial charge in [-0.25, -0.2) is 9.59 Å². The van der Waals surface area contributed by atoms with Crippen LogP contribution in [0.4, 0.5) is 10.5 Å². The summed E-state index contributed by atoms with van der Waals surface area (Å²) < 4.78 is 5.56. The van der Waals surface area contributed by atoms with Crippen molar-refractivity contribution in [2.45, 2.75) is 26.1 Å². The number of morpholine rings is 1. The molecule has 1 aromatic carbocycles. The zero-order valence-corrected chi connectivity index (χ0v) is 11.5. The predicted molar refractivity (Wildman–Crippen MR) is 74.0 cm³/mol. The zero-order chi connectivity index (χ0) is 14.7. The molecule has 6 nitrogen and oxygen atoms in total. The van der Waals surface area contributed by atoms with E-state index < -0.39 is 5.97 Å². The molecule has 2 atom stereocenters. The van der Waals surface area contributed by atoms with Crippen molar-refractivity contribution in [3.63, 3.8) is 0 Å². The van der Waals surface area contributed by atoms with E-state index in [9.17, 15) is 9.59 Å². The molecular formula is C14H18N2O4. The molecule has 1 heterocycles. The van der Waals surface area contributed by atoms with Gasteiger partial charge in [0.15, 0.2) is 0 Å². The number of rotatable bonds is 2. The first kappa shape index (κ1) is 14.3. The number of amides is 2. The summed E-state index contributed by atoms with van der Waals surface area (Å²) in [5.74, 6) is -1.07. The molecule has 2 rings (SSSR count). The van der Waals surface area contributed by atoms with Crippen molar-refractivity contribution in [2.75, 3.05) is 18.4 Å². The van der Waals surface area contributed by atoms with Crippen molar-refractivity contribution >= 4 is 17.7 Å². The monoisotopic (exact) mass is 278 g/mol. The van der Waals surface area contributed by atoms with Crippen molar-refractivity contribution in [3.05, 3.63) is 29.8 Å². The van der Waals surface area contributed by atoms with E-state index in [1.807, 2.05) is 13.8 Å². The van der Waals surface area contributed by atoms with Crippen molar-refractivity contribution in [3.8, 4) is 0 Å². The zero-order valence-electron chi connectivity index (χ0n) is 11.5. The highest BCUT2D eigenvalue weighted by Gasteiger charge is 2.26. The lowest BCUT2D eigenvalue weighted by Gasteiger charge is -2.35. The SMILES string of the molecule is C[C@@H]1CN(C(=O)Nc2ccccc2C(=O)O)C[C@H](C)O1. The average Bonchev–Trinajstić information content (AvgIpc) is 2.37. The van der Waals surface area contributed by atoms with Crippen molar-refractivity contribution in [1.82, 2.24) is 4.90 Å². The fourth-order valence-corrected chi connectivity index (χ4v) is 2.32. The molecule has 0 bridgehead atoms. The van der Waals surface area contributed by atoms with E-state index in [1.54, 1.807) is 23.1 Å². The summed E-state index contributed by atoms with van der Waals surface area (Å²) in [7, 11) is 0. The Morgan fingerprint density at radius 3 is 2.45 bits per heavy atom. The maximum Gasteiger partial charge on any atom is 0.337 e. The van der Waals surface area contributed by atoms with Gasteiger partial charge in [-0.05, 0) is 26.0 Å². The largest absolute Gasteiger partial charge is 0.478 e. The first-order chi connectivity index (χ1) is 9.47. The Morgan fingerprint density at radius 1 is 1.25 bits per heavy atom. The van der Waals surface area contributed by atoms with Crippen LogP contribution in [-0.4, -0.2) is 47.3 Å². The van der Waals surface area contributed by atoms with Crippen LogP contribution in [0.1, 0.15) is 24.2 Å².